The number of hydrogen-bond donors (Lipinski definition) is 0. The van der Waals surface area contributed by atoms with Gasteiger partial charge in [-0.25, -0.2) is 0 Å². The monoisotopic (exact) mass is 255 g/mol. The van der Waals surface area contributed by atoms with E-state index in [1.165, 1.54) is 5.56 Å². The summed E-state index contributed by atoms with van der Waals surface area (Å²) in [6.07, 6.45) is 4.08. The van der Waals surface area contributed by atoms with Crippen LogP contribution in [0.2, 0.25) is 0 Å². The van der Waals surface area contributed by atoms with E-state index in [1.54, 1.807) is 6.08 Å². The number of nitrogens with zero attached hydrogens (tertiary/aromatic N) is 1. The van der Waals surface area contributed by atoms with E-state index < -0.39 is 4.92 Å². The topological polar surface area (TPSA) is 43.1 Å². The average Bonchev–Trinajstić information content (AvgIpc) is 2.15. The van der Waals surface area contributed by atoms with Crippen molar-refractivity contribution in [2.24, 2.45) is 0 Å². The Bertz CT molecular complexity index is 332. The first-order valence-corrected chi connectivity index (χ1v) is 5.02. The highest BCUT2D eigenvalue weighted by Crippen LogP contribution is 2.11. The second-order valence-electron chi connectivity index (χ2n) is 2.84. The zero-order valence-corrected chi connectivity index (χ0v) is 9.11. The van der Waals surface area contributed by atoms with Crippen molar-refractivity contribution < 1.29 is 4.92 Å². The van der Waals surface area contributed by atoms with Crippen LogP contribution in [0.5, 0.6) is 0 Å². The summed E-state index contributed by atoms with van der Waals surface area (Å²) >= 11 is 3.34. The molecule has 0 aliphatic rings. The first-order chi connectivity index (χ1) is 6.68. The van der Waals surface area contributed by atoms with E-state index in [9.17, 15) is 10.1 Å². The zero-order chi connectivity index (χ0) is 10.4. The molecule has 0 amide bonds. The molecule has 4 heteroatoms. The number of halogens is 1. The summed E-state index contributed by atoms with van der Waals surface area (Å²) in [4.78, 5) is 9.52. The SMILES string of the molecule is O=[N+]([O-])/C=C/CCc1ccc(Br)cc1. The van der Waals surface area contributed by atoms with Crippen LogP contribution in [0.3, 0.4) is 0 Å². The van der Waals surface area contributed by atoms with E-state index in [0.29, 0.717) is 6.42 Å². The van der Waals surface area contributed by atoms with Gasteiger partial charge in [-0.3, -0.25) is 10.1 Å². The second kappa shape index (κ2) is 5.54. The summed E-state index contributed by atoms with van der Waals surface area (Å²) < 4.78 is 1.04. The second-order valence-corrected chi connectivity index (χ2v) is 3.75. The number of benzene rings is 1. The lowest BCUT2D eigenvalue weighted by molar-refractivity contribution is -0.402. The number of allylic oxidation sites excluding steroid dienone is 1. The van der Waals surface area contributed by atoms with Gasteiger partial charge in [-0.1, -0.05) is 28.1 Å². The summed E-state index contributed by atoms with van der Waals surface area (Å²) in [6.45, 7) is 0. The third kappa shape index (κ3) is 4.18. The molecule has 0 spiro atoms. The molecule has 0 radical (unpaired) electrons. The molecule has 1 aromatic rings. The third-order valence-corrected chi connectivity index (χ3v) is 2.27. The van der Waals surface area contributed by atoms with E-state index in [-0.39, 0.29) is 0 Å². The van der Waals surface area contributed by atoms with E-state index in [4.69, 9.17) is 0 Å². The van der Waals surface area contributed by atoms with Crippen LogP contribution < -0.4 is 0 Å². The van der Waals surface area contributed by atoms with Crippen molar-refractivity contribution in [2.45, 2.75) is 12.8 Å². The lowest BCUT2D eigenvalue weighted by Crippen LogP contribution is -1.85. The van der Waals surface area contributed by atoms with Crippen molar-refractivity contribution in [1.82, 2.24) is 0 Å². The standard InChI is InChI=1S/C10H10BrNO2/c11-10-6-4-9(5-7-10)3-1-2-8-12(13)14/h2,4-8H,1,3H2/b8-2+. The smallest absolute Gasteiger partial charge is 0.230 e. The predicted octanol–water partition coefficient (Wildman–Crippen LogP) is 3.17. The maximum Gasteiger partial charge on any atom is 0.230 e. The molecule has 0 aliphatic heterocycles. The van der Waals surface area contributed by atoms with Gasteiger partial charge < -0.3 is 0 Å². The van der Waals surface area contributed by atoms with Gasteiger partial charge in [0.15, 0.2) is 0 Å². The van der Waals surface area contributed by atoms with Crippen molar-refractivity contribution in [2.75, 3.05) is 0 Å². The van der Waals surface area contributed by atoms with Gasteiger partial charge in [0.25, 0.3) is 0 Å². The fourth-order valence-corrected chi connectivity index (χ4v) is 1.33. The molecular weight excluding hydrogens is 246 g/mol. The molecule has 3 nitrogen and oxygen atoms in total. The van der Waals surface area contributed by atoms with E-state index in [2.05, 4.69) is 15.9 Å². The Morgan fingerprint density at radius 3 is 2.57 bits per heavy atom. The van der Waals surface area contributed by atoms with Crippen molar-refractivity contribution in [3.63, 3.8) is 0 Å². The van der Waals surface area contributed by atoms with E-state index in [1.807, 2.05) is 24.3 Å². The van der Waals surface area contributed by atoms with Crippen molar-refractivity contribution in [1.29, 1.82) is 0 Å². The first kappa shape index (κ1) is 10.9. The minimum Gasteiger partial charge on any atom is -0.259 e. The quantitative estimate of drug-likeness (QED) is 0.613. The molecule has 0 atom stereocenters. The Balaban J connectivity index is 2.39. The van der Waals surface area contributed by atoms with Gasteiger partial charge >= 0.3 is 0 Å². The molecule has 74 valence electrons. The lowest BCUT2D eigenvalue weighted by atomic mass is 10.1. The molecule has 0 heterocycles. The minimum atomic E-state index is -0.443. The molecule has 0 aliphatic carbocycles. The molecule has 14 heavy (non-hydrogen) atoms. The predicted molar refractivity (Wildman–Crippen MR) is 58.6 cm³/mol. The number of nitro groups is 1. The fraction of sp³-hybridized carbons (Fsp3) is 0.200. The molecular formula is C10H10BrNO2. The van der Waals surface area contributed by atoms with Gasteiger partial charge in [0.05, 0.1) is 4.92 Å². The molecule has 0 saturated heterocycles. The molecule has 0 saturated carbocycles. The molecule has 0 aromatic heterocycles. The summed E-state index contributed by atoms with van der Waals surface area (Å²) in [6, 6.07) is 7.94. The number of rotatable bonds is 4. The highest BCUT2D eigenvalue weighted by molar-refractivity contribution is 9.10. The van der Waals surface area contributed by atoms with Gasteiger partial charge in [0.2, 0.25) is 6.20 Å². The van der Waals surface area contributed by atoms with Crippen LogP contribution in [-0.4, -0.2) is 4.92 Å². The summed E-state index contributed by atoms with van der Waals surface area (Å²) in [5.41, 5.74) is 1.18. The van der Waals surface area contributed by atoms with E-state index in [0.717, 1.165) is 17.1 Å². The minimum absolute atomic E-state index is 0.443. The van der Waals surface area contributed by atoms with Gasteiger partial charge in [-0.15, -0.1) is 0 Å². The Kier molecular flexibility index (Phi) is 4.32. The van der Waals surface area contributed by atoms with Gasteiger partial charge in [0, 0.05) is 4.47 Å². The summed E-state index contributed by atoms with van der Waals surface area (Å²) in [5.74, 6) is 0. The van der Waals surface area contributed by atoms with Gasteiger partial charge in [0.1, 0.15) is 0 Å². The number of aryl methyl sites for hydroxylation is 1. The fourth-order valence-electron chi connectivity index (χ4n) is 1.06. The van der Waals surface area contributed by atoms with Crippen LogP contribution in [-0.2, 0) is 6.42 Å². The molecule has 0 bridgehead atoms. The Labute approximate surface area is 90.7 Å². The Morgan fingerprint density at radius 2 is 2.00 bits per heavy atom. The molecule has 0 N–H and O–H groups in total. The average molecular weight is 256 g/mol. The van der Waals surface area contributed by atoms with Crippen molar-refractivity contribution >= 4 is 15.9 Å². The molecule has 1 rings (SSSR count). The summed E-state index contributed by atoms with van der Waals surface area (Å²) in [5, 5.41) is 9.97. The first-order valence-electron chi connectivity index (χ1n) is 4.23. The number of hydrogen-bond acceptors (Lipinski definition) is 2. The normalized spacial score (nSPS) is 10.6. The molecule has 0 fully saturated rings. The third-order valence-electron chi connectivity index (χ3n) is 1.74. The van der Waals surface area contributed by atoms with E-state index >= 15 is 0 Å². The van der Waals surface area contributed by atoms with Gasteiger partial charge in [-0.05, 0) is 36.6 Å². The summed E-state index contributed by atoms with van der Waals surface area (Å²) in [7, 11) is 0. The van der Waals surface area contributed by atoms with Crippen molar-refractivity contribution in [3.05, 3.63) is 56.7 Å². The Morgan fingerprint density at radius 1 is 1.36 bits per heavy atom. The van der Waals surface area contributed by atoms with Crippen LogP contribution in [0.4, 0.5) is 0 Å². The largest absolute Gasteiger partial charge is 0.259 e. The van der Waals surface area contributed by atoms with Crippen LogP contribution in [0, 0.1) is 10.1 Å². The molecule has 0 unspecified atom stereocenters. The van der Waals surface area contributed by atoms with Crippen LogP contribution >= 0.6 is 15.9 Å². The van der Waals surface area contributed by atoms with Crippen molar-refractivity contribution in [3.8, 4) is 0 Å². The molecule has 1 aromatic carbocycles. The van der Waals surface area contributed by atoms with Crippen LogP contribution in [0.15, 0.2) is 41.0 Å². The van der Waals surface area contributed by atoms with Crippen LogP contribution in [0.25, 0.3) is 0 Å². The highest BCUT2D eigenvalue weighted by atomic mass is 79.9. The maximum absolute atomic E-state index is 9.97. The van der Waals surface area contributed by atoms with Crippen LogP contribution in [0.1, 0.15) is 12.0 Å². The van der Waals surface area contributed by atoms with Gasteiger partial charge in [-0.2, -0.15) is 0 Å². The lowest BCUT2D eigenvalue weighted by Gasteiger charge is -1.97. The highest BCUT2D eigenvalue weighted by Gasteiger charge is 1.92. The maximum atomic E-state index is 9.97. The zero-order valence-electron chi connectivity index (χ0n) is 7.52. The Hall–Kier alpha value is -1.16.